The zero-order valence-electron chi connectivity index (χ0n) is 7.17. The van der Waals surface area contributed by atoms with Gasteiger partial charge in [0.2, 0.25) is 0 Å². The summed E-state index contributed by atoms with van der Waals surface area (Å²) in [5.41, 5.74) is 0. The standard InChI is InChI=1S/C6H8N2O2S4/c11-5(7-1-3-9-7)13-14-6(12)8-2-4-10-8/h1-4H2. The van der Waals surface area contributed by atoms with E-state index in [1.165, 1.54) is 21.6 Å². The highest BCUT2D eigenvalue weighted by molar-refractivity contribution is 8.89. The molecular formula is C6H8N2O2S4. The molecule has 0 spiro atoms. The van der Waals surface area contributed by atoms with Crippen LogP contribution in [0.25, 0.3) is 0 Å². The minimum absolute atomic E-state index is 0.712. The first-order valence-electron chi connectivity index (χ1n) is 4.01. The van der Waals surface area contributed by atoms with Gasteiger partial charge in [0, 0.05) is 0 Å². The first-order chi connectivity index (χ1) is 6.77. The summed E-state index contributed by atoms with van der Waals surface area (Å²) in [6, 6.07) is 0. The topological polar surface area (TPSA) is 24.9 Å². The molecule has 2 rings (SSSR count). The van der Waals surface area contributed by atoms with E-state index in [0.717, 1.165) is 26.3 Å². The van der Waals surface area contributed by atoms with Gasteiger partial charge in [0.1, 0.15) is 0 Å². The average molecular weight is 268 g/mol. The third-order valence-corrected chi connectivity index (χ3v) is 5.19. The summed E-state index contributed by atoms with van der Waals surface area (Å²) in [6.07, 6.45) is 0. The van der Waals surface area contributed by atoms with E-state index in [1.54, 1.807) is 10.1 Å². The Kier molecular flexibility index (Phi) is 3.86. The van der Waals surface area contributed by atoms with Gasteiger partial charge in [-0.1, -0.05) is 0 Å². The third kappa shape index (κ3) is 2.50. The van der Waals surface area contributed by atoms with Crippen LogP contribution in [0.1, 0.15) is 0 Å². The quantitative estimate of drug-likeness (QED) is 0.481. The smallest absolute Gasteiger partial charge is 0.171 e. The molecule has 0 bridgehead atoms. The molecule has 0 aliphatic carbocycles. The van der Waals surface area contributed by atoms with Crippen LogP contribution in [0.15, 0.2) is 0 Å². The van der Waals surface area contributed by atoms with Crippen molar-refractivity contribution >= 4 is 54.7 Å². The van der Waals surface area contributed by atoms with Crippen LogP contribution in [0.2, 0.25) is 0 Å². The molecule has 0 amide bonds. The lowest BCUT2D eigenvalue weighted by atomic mass is 10.6. The van der Waals surface area contributed by atoms with Crippen molar-refractivity contribution in [3.05, 3.63) is 0 Å². The fraction of sp³-hybridized carbons (Fsp3) is 0.667. The molecule has 2 aliphatic heterocycles. The lowest BCUT2D eigenvalue weighted by molar-refractivity contribution is -0.186. The van der Waals surface area contributed by atoms with E-state index in [9.17, 15) is 0 Å². The summed E-state index contributed by atoms with van der Waals surface area (Å²) in [5.74, 6) is 0. The molecule has 0 aromatic rings. The minimum Gasteiger partial charge on any atom is -0.270 e. The molecule has 0 unspecified atom stereocenters. The van der Waals surface area contributed by atoms with Crippen LogP contribution in [0, 0.1) is 0 Å². The molecule has 8 heteroatoms. The van der Waals surface area contributed by atoms with E-state index >= 15 is 0 Å². The Morgan fingerprint density at radius 1 is 0.929 bits per heavy atom. The molecule has 14 heavy (non-hydrogen) atoms. The van der Waals surface area contributed by atoms with E-state index in [2.05, 4.69) is 0 Å². The van der Waals surface area contributed by atoms with Gasteiger partial charge in [0.05, 0.1) is 26.3 Å². The lowest BCUT2D eigenvalue weighted by Crippen LogP contribution is -2.42. The van der Waals surface area contributed by atoms with E-state index in [0.29, 0.717) is 8.64 Å². The van der Waals surface area contributed by atoms with Gasteiger partial charge in [-0.25, -0.2) is 10.1 Å². The summed E-state index contributed by atoms with van der Waals surface area (Å²) in [5, 5.41) is 3.37. The highest BCUT2D eigenvalue weighted by atomic mass is 33.1. The van der Waals surface area contributed by atoms with Crippen molar-refractivity contribution < 1.29 is 9.68 Å². The van der Waals surface area contributed by atoms with Gasteiger partial charge < -0.3 is 0 Å². The highest BCUT2D eigenvalue weighted by Crippen LogP contribution is 2.30. The van der Waals surface area contributed by atoms with Gasteiger partial charge in [-0.15, -0.1) is 0 Å². The van der Waals surface area contributed by atoms with Crippen molar-refractivity contribution in [1.29, 1.82) is 0 Å². The lowest BCUT2D eigenvalue weighted by Gasteiger charge is -2.33. The summed E-state index contributed by atoms with van der Waals surface area (Å²) in [4.78, 5) is 10.2. The average Bonchev–Trinajstić information content (AvgIpc) is 1.94. The second-order valence-corrected chi connectivity index (χ2v) is 5.97. The highest BCUT2D eigenvalue weighted by Gasteiger charge is 2.23. The molecule has 4 nitrogen and oxygen atoms in total. The van der Waals surface area contributed by atoms with Gasteiger partial charge >= 0.3 is 0 Å². The van der Waals surface area contributed by atoms with Crippen molar-refractivity contribution in [2.75, 3.05) is 26.3 Å². The Morgan fingerprint density at radius 3 is 1.50 bits per heavy atom. The first kappa shape index (κ1) is 10.9. The zero-order valence-corrected chi connectivity index (χ0v) is 10.4. The fourth-order valence-corrected chi connectivity index (χ4v) is 3.23. The summed E-state index contributed by atoms with van der Waals surface area (Å²) >= 11 is 10.2. The van der Waals surface area contributed by atoms with E-state index < -0.39 is 0 Å². The molecule has 0 N–H and O–H groups in total. The molecule has 2 aliphatic rings. The SMILES string of the molecule is S=C(SSC(=S)N1CCO1)N1CCO1. The molecule has 2 heterocycles. The largest absolute Gasteiger partial charge is 0.270 e. The monoisotopic (exact) mass is 268 g/mol. The minimum atomic E-state index is 0.712. The maximum atomic E-state index is 5.11. The second kappa shape index (κ2) is 4.95. The van der Waals surface area contributed by atoms with E-state index in [4.69, 9.17) is 34.1 Å². The molecular weight excluding hydrogens is 260 g/mol. The molecule has 0 atom stereocenters. The maximum absolute atomic E-state index is 5.11. The van der Waals surface area contributed by atoms with Crippen LogP contribution in [0.4, 0.5) is 0 Å². The van der Waals surface area contributed by atoms with Crippen LogP contribution in [0.3, 0.4) is 0 Å². The van der Waals surface area contributed by atoms with Crippen LogP contribution in [-0.2, 0) is 9.68 Å². The van der Waals surface area contributed by atoms with Crippen LogP contribution >= 0.6 is 46.0 Å². The molecule has 0 aromatic heterocycles. The van der Waals surface area contributed by atoms with Crippen LogP contribution in [0.5, 0.6) is 0 Å². The first-order valence-corrected chi connectivity index (χ1v) is 6.97. The Balaban J connectivity index is 1.65. The van der Waals surface area contributed by atoms with Gasteiger partial charge in [-0.3, -0.25) is 9.68 Å². The van der Waals surface area contributed by atoms with Crippen LogP contribution < -0.4 is 0 Å². The van der Waals surface area contributed by atoms with Crippen LogP contribution in [-0.4, -0.2) is 45.1 Å². The molecule has 0 radical (unpaired) electrons. The van der Waals surface area contributed by atoms with Crippen molar-refractivity contribution in [3.8, 4) is 0 Å². The predicted octanol–water partition coefficient (Wildman–Crippen LogP) is 1.43. The second-order valence-electron chi connectivity index (χ2n) is 2.57. The van der Waals surface area contributed by atoms with Crippen molar-refractivity contribution in [2.24, 2.45) is 0 Å². The van der Waals surface area contributed by atoms with Gasteiger partial charge in [-0.05, 0) is 46.0 Å². The van der Waals surface area contributed by atoms with Gasteiger partial charge in [-0.2, -0.15) is 0 Å². The van der Waals surface area contributed by atoms with Crippen molar-refractivity contribution in [1.82, 2.24) is 10.1 Å². The van der Waals surface area contributed by atoms with E-state index in [-0.39, 0.29) is 0 Å². The molecule has 2 saturated heterocycles. The van der Waals surface area contributed by atoms with Gasteiger partial charge in [0.15, 0.2) is 8.64 Å². The normalized spacial score (nSPS) is 20.0. The van der Waals surface area contributed by atoms with Crippen molar-refractivity contribution in [3.63, 3.8) is 0 Å². The fourth-order valence-electron chi connectivity index (χ4n) is 0.808. The number of rotatable bonds is 0. The Hall–Kier alpha value is 0.400. The Morgan fingerprint density at radius 2 is 1.29 bits per heavy atom. The maximum Gasteiger partial charge on any atom is 0.171 e. The number of hydrogen-bond donors (Lipinski definition) is 0. The van der Waals surface area contributed by atoms with Gasteiger partial charge in [0.25, 0.3) is 0 Å². The molecule has 78 valence electrons. The van der Waals surface area contributed by atoms with E-state index in [1.807, 2.05) is 0 Å². The number of thiocarbonyl (C=S) groups is 2. The summed E-state index contributed by atoms with van der Waals surface area (Å²) in [6.45, 7) is 3.26. The predicted molar refractivity (Wildman–Crippen MR) is 65.7 cm³/mol. The number of hydroxylamine groups is 4. The Bertz CT molecular complexity index is 228. The third-order valence-electron chi connectivity index (χ3n) is 1.67. The molecule has 0 saturated carbocycles. The molecule has 2 fully saturated rings. The number of hydrogen-bond acceptors (Lipinski definition) is 6. The zero-order chi connectivity index (χ0) is 9.97. The Labute approximate surface area is 101 Å². The summed E-state index contributed by atoms with van der Waals surface area (Å²) in [7, 11) is 2.86. The number of nitrogens with zero attached hydrogens (tertiary/aromatic N) is 2. The van der Waals surface area contributed by atoms with Crippen molar-refractivity contribution in [2.45, 2.75) is 0 Å². The summed E-state index contributed by atoms with van der Waals surface area (Å²) < 4.78 is 1.42. The molecule has 0 aromatic carbocycles.